The molecule has 2 aromatic rings. The predicted molar refractivity (Wildman–Crippen MR) is 67.3 cm³/mol. The van der Waals surface area contributed by atoms with Gasteiger partial charge in [0.2, 0.25) is 0 Å². The number of rotatable bonds is 1. The van der Waals surface area contributed by atoms with Gasteiger partial charge in [0, 0.05) is 24.2 Å². The number of nitrogens with zero attached hydrogens (tertiary/aromatic N) is 4. The van der Waals surface area contributed by atoms with E-state index in [2.05, 4.69) is 35.8 Å². The highest BCUT2D eigenvalue weighted by molar-refractivity contribution is 5.58. The van der Waals surface area contributed by atoms with Crippen LogP contribution in [0, 0.1) is 0 Å². The Kier molecular flexibility index (Phi) is 2.61. The molecule has 0 saturated heterocycles. The van der Waals surface area contributed by atoms with Gasteiger partial charge in [0.05, 0.1) is 0 Å². The number of nitrogens with two attached hydrogens (primary N) is 1. The summed E-state index contributed by atoms with van der Waals surface area (Å²) in [6.45, 7) is 6.27. The third-order valence-corrected chi connectivity index (χ3v) is 2.47. The fraction of sp³-hybridized carbons (Fsp3) is 0.417. The van der Waals surface area contributed by atoms with Gasteiger partial charge in [-0.25, -0.2) is 14.6 Å². The van der Waals surface area contributed by atoms with Gasteiger partial charge in [-0.2, -0.15) is 5.10 Å². The quantitative estimate of drug-likeness (QED) is 0.811. The number of nitrogen functional groups attached to an aromatic ring is 1. The average molecular weight is 231 g/mol. The summed E-state index contributed by atoms with van der Waals surface area (Å²) < 4.78 is 1.77. The first-order chi connectivity index (χ1) is 7.88. The molecule has 0 aliphatic carbocycles. The molecular weight excluding hydrogens is 214 g/mol. The lowest BCUT2D eigenvalue weighted by molar-refractivity contribution is 0.538. The number of hydrogen-bond acceptors (Lipinski definition) is 4. The van der Waals surface area contributed by atoms with Gasteiger partial charge in [-0.1, -0.05) is 20.8 Å². The van der Waals surface area contributed by atoms with E-state index in [9.17, 15) is 0 Å². The van der Waals surface area contributed by atoms with Crippen molar-refractivity contribution in [2.24, 2.45) is 7.05 Å². The summed E-state index contributed by atoms with van der Waals surface area (Å²) in [4.78, 5) is 8.53. The van der Waals surface area contributed by atoms with Crippen molar-refractivity contribution in [2.45, 2.75) is 26.2 Å². The van der Waals surface area contributed by atoms with Gasteiger partial charge in [0.15, 0.2) is 11.6 Å². The summed E-state index contributed by atoms with van der Waals surface area (Å²) >= 11 is 0. The molecule has 0 radical (unpaired) electrons. The van der Waals surface area contributed by atoms with Crippen molar-refractivity contribution in [3.8, 4) is 11.4 Å². The van der Waals surface area contributed by atoms with Crippen molar-refractivity contribution in [3.05, 3.63) is 24.2 Å². The maximum absolute atomic E-state index is 5.67. The number of hydrogen-bond donors (Lipinski definition) is 1. The molecule has 2 aromatic heterocycles. The van der Waals surface area contributed by atoms with Crippen LogP contribution in [0.15, 0.2) is 18.3 Å². The Bertz CT molecular complexity index is 536. The van der Waals surface area contributed by atoms with E-state index < -0.39 is 0 Å². The van der Waals surface area contributed by atoms with E-state index in [1.807, 2.05) is 13.1 Å². The van der Waals surface area contributed by atoms with Gasteiger partial charge in [0.1, 0.15) is 5.82 Å². The van der Waals surface area contributed by atoms with Crippen LogP contribution in [0.5, 0.6) is 0 Å². The standard InChI is InChI=1S/C12H17N5/c1-12(2,3)11-15-10(17(4)16-11)8-5-6-14-9(13)7-8/h5-7H,1-4H3,(H2,13,14). The molecule has 2 N–H and O–H groups in total. The lowest BCUT2D eigenvalue weighted by Crippen LogP contribution is -2.13. The van der Waals surface area contributed by atoms with Gasteiger partial charge < -0.3 is 5.73 Å². The Morgan fingerprint density at radius 1 is 1.29 bits per heavy atom. The van der Waals surface area contributed by atoms with Crippen molar-refractivity contribution < 1.29 is 0 Å². The Morgan fingerprint density at radius 3 is 2.53 bits per heavy atom. The van der Waals surface area contributed by atoms with Crippen LogP contribution < -0.4 is 5.73 Å². The molecule has 0 aliphatic rings. The van der Waals surface area contributed by atoms with Crippen LogP contribution in [0.2, 0.25) is 0 Å². The summed E-state index contributed by atoms with van der Waals surface area (Å²) in [7, 11) is 1.88. The molecule has 2 heterocycles. The fourth-order valence-corrected chi connectivity index (χ4v) is 1.54. The van der Waals surface area contributed by atoms with Crippen molar-refractivity contribution in [1.82, 2.24) is 19.7 Å². The Hall–Kier alpha value is -1.91. The minimum Gasteiger partial charge on any atom is -0.384 e. The maximum atomic E-state index is 5.67. The lowest BCUT2D eigenvalue weighted by Gasteiger charge is -2.11. The molecule has 5 nitrogen and oxygen atoms in total. The molecule has 17 heavy (non-hydrogen) atoms. The second-order valence-corrected chi connectivity index (χ2v) is 5.10. The summed E-state index contributed by atoms with van der Waals surface area (Å²) in [5.41, 5.74) is 6.54. The van der Waals surface area contributed by atoms with Gasteiger partial charge in [0.25, 0.3) is 0 Å². The van der Waals surface area contributed by atoms with E-state index in [-0.39, 0.29) is 5.41 Å². The van der Waals surface area contributed by atoms with Crippen LogP contribution in [0.3, 0.4) is 0 Å². The first-order valence-electron chi connectivity index (χ1n) is 5.51. The Labute approximate surface area is 101 Å². The first-order valence-corrected chi connectivity index (χ1v) is 5.51. The van der Waals surface area contributed by atoms with Crippen LogP contribution in [0.25, 0.3) is 11.4 Å². The maximum Gasteiger partial charge on any atom is 0.158 e. The summed E-state index contributed by atoms with van der Waals surface area (Å²) in [5.74, 6) is 2.12. The molecule has 0 aromatic carbocycles. The molecule has 0 spiro atoms. The Morgan fingerprint density at radius 2 is 2.00 bits per heavy atom. The highest BCUT2D eigenvalue weighted by Gasteiger charge is 2.21. The van der Waals surface area contributed by atoms with Crippen molar-refractivity contribution in [2.75, 3.05) is 5.73 Å². The van der Waals surface area contributed by atoms with Gasteiger partial charge in [-0.05, 0) is 12.1 Å². The third kappa shape index (κ3) is 2.27. The van der Waals surface area contributed by atoms with Crippen LogP contribution in [-0.4, -0.2) is 19.7 Å². The first kappa shape index (κ1) is 11.6. The van der Waals surface area contributed by atoms with Gasteiger partial charge in [-0.15, -0.1) is 0 Å². The summed E-state index contributed by atoms with van der Waals surface area (Å²) in [6, 6.07) is 3.68. The number of pyridine rings is 1. The molecule has 5 heteroatoms. The minimum atomic E-state index is -0.0609. The molecule has 0 aliphatic heterocycles. The predicted octanol–water partition coefficient (Wildman–Crippen LogP) is 1.76. The molecule has 0 unspecified atom stereocenters. The normalized spacial score (nSPS) is 11.8. The van der Waals surface area contributed by atoms with E-state index in [4.69, 9.17) is 5.73 Å². The van der Waals surface area contributed by atoms with Gasteiger partial charge >= 0.3 is 0 Å². The molecule has 90 valence electrons. The number of aromatic nitrogens is 4. The van der Waals surface area contributed by atoms with E-state index in [0.717, 1.165) is 17.2 Å². The molecular formula is C12H17N5. The molecule has 0 saturated carbocycles. The minimum absolute atomic E-state index is 0.0609. The Balaban J connectivity index is 2.50. The molecule has 0 amide bonds. The van der Waals surface area contributed by atoms with E-state index in [1.165, 1.54) is 0 Å². The van der Waals surface area contributed by atoms with Crippen LogP contribution in [0.4, 0.5) is 5.82 Å². The highest BCUT2D eigenvalue weighted by Crippen LogP contribution is 2.23. The van der Waals surface area contributed by atoms with E-state index in [1.54, 1.807) is 16.9 Å². The highest BCUT2D eigenvalue weighted by atomic mass is 15.3. The second kappa shape index (κ2) is 3.84. The zero-order valence-corrected chi connectivity index (χ0v) is 10.6. The van der Waals surface area contributed by atoms with E-state index >= 15 is 0 Å². The average Bonchev–Trinajstić information content (AvgIpc) is 2.60. The van der Waals surface area contributed by atoms with Crippen LogP contribution in [0.1, 0.15) is 26.6 Å². The number of aryl methyl sites for hydroxylation is 1. The van der Waals surface area contributed by atoms with Crippen LogP contribution in [-0.2, 0) is 12.5 Å². The van der Waals surface area contributed by atoms with Crippen molar-refractivity contribution in [3.63, 3.8) is 0 Å². The fourth-order valence-electron chi connectivity index (χ4n) is 1.54. The third-order valence-electron chi connectivity index (χ3n) is 2.47. The zero-order chi connectivity index (χ0) is 12.6. The van der Waals surface area contributed by atoms with Crippen molar-refractivity contribution >= 4 is 5.82 Å². The molecule has 0 bridgehead atoms. The zero-order valence-electron chi connectivity index (χ0n) is 10.6. The van der Waals surface area contributed by atoms with Crippen LogP contribution >= 0.6 is 0 Å². The van der Waals surface area contributed by atoms with Gasteiger partial charge in [-0.3, -0.25) is 0 Å². The van der Waals surface area contributed by atoms with Crippen molar-refractivity contribution in [1.29, 1.82) is 0 Å². The lowest BCUT2D eigenvalue weighted by atomic mass is 9.96. The number of anilines is 1. The summed E-state index contributed by atoms with van der Waals surface area (Å²) in [6.07, 6.45) is 1.68. The van der Waals surface area contributed by atoms with E-state index in [0.29, 0.717) is 5.82 Å². The molecule has 0 atom stereocenters. The second-order valence-electron chi connectivity index (χ2n) is 5.10. The largest absolute Gasteiger partial charge is 0.384 e. The summed E-state index contributed by atoms with van der Waals surface area (Å²) in [5, 5.41) is 4.43. The topological polar surface area (TPSA) is 69.6 Å². The monoisotopic (exact) mass is 231 g/mol. The molecule has 0 fully saturated rings. The molecule has 2 rings (SSSR count). The SMILES string of the molecule is Cn1nc(C(C)(C)C)nc1-c1ccnc(N)c1. The smallest absolute Gasteiger partial charge is 0.158 e.